The number of likely N-dealkylation sites (tertiary alicyclic amines) is 1. The Balaban J connectivity index is 2.00. The molecule has 0 aromatic heterocycles. The first kappa shape index (κ1) is 14.4. The molecule has 1 N–H and O–H groups in total. The van der Waals surface area contributed by atoms with Gasteiger partial charge in [-0.15, -0.1) is 0 Å². The average molecular weight is 274 g/mol. The molecule has 0 saturated carbocycles. The van der Waals surface area contributed by atoms with Crippen LogP contribution in [-0.4, -0.2) is 41.7 Å². The Morgan fingerprint density at radius 1 is 1.45 bits per heavy atom. The zero-order chi connectivity index (χ0) is 14.4. The minimum atomic E-state index is -0.207. The summed E-state index contributed by atoms with van der Waals surface area (Å²) in [6.07, 6.45) is 1.03. The van der Waals surface area contributed by atoms with E-state index in [1.165, 1.54) is 0 Å². The molecule has 2 rings (SSSR count). The number of hydrogen-bond donors (Lipinski definition) is 1. The fourth-order valence-corrected chi connectivity index (χ4v) is 2.60. The van der Waals surface area contributed by atoms with E-state index in [4.69, 9.17) is 5.53 Å². The molecule has 0 bridgehead atoms. The summed E-state index contributed by atoms with van der Waals surface area (Å²) in [5.74, 6) is 0.0846. The molecule has 0 aliphatic carbocycles. The highest BCUT2D eigenvalue weighted by Crippen LogP contribution is 2.22. The average Bonchev–Trinajstić information content (AvgIpc) is 2.84. The molecular weight excluding hydrogens is 256 g/mol. The normalized spacial score (nSPS) is 19.8. The third-order valence-electron chi connectivity index (χ3n) is 3.61. The molecule has 0 radical (unpaired) electrons. The van der Waals surface area contributed by atoms with Gasteiger partial charge in [-0.05, 0) is 23.4 Å². The lowest BCUT2D eigenvalue weighted by Crippen LogP contribution is -2.40. The zero-order valence-corrected chi connectivity index (χ0v) is 11.2. The van der Waals surface area contributed by atoms with Gasteiger partial charge in [0, 0.05) is 24.4 Å². The van der Waals surface area contributed by atoms with Crippen LogP contribution in [0.4, 0.5) is 0 Å². The lowest BCUT2D eigenvalue weighted by molar-refractivity contribution is -0.130. The number of nitrogens with zero attached hydrogens (tertiary/aromatic N) is 4. The monoisotopic (exact) mass is 274 g/mol. The Morgan fingerprint density at radius 3 is 2.85 bits per heavy atom. The third-order valence-corrected chi connectivity index (χ3v) is 3.61. The van der Waals surface area contributed by atoms with Gasteiger partial charge < -0.3 is 10.0 Å². The number of azide groups is 1. The van der Waals surface area contributed by atoms with Gasteiger partial charge in [0.25, 0.3) is 0 Å². The minimum Gasteiger partial charge on any atom is -0.394 e. The van der Waals surface area contributed by atoms with Crippen LogP contribution in [0, 0.1) is 5.92 Å². The SMILES string of the molecule is [N-]=[N+]=NCC1CC(=O)N(C(CO)Cc2ccccc2)C1. The van der Waals surface area contributed by atoms with Crippen LogP contribution < -0.4 is 0 Å². The first-order valence-corrected chi connectivity index (χ1v) is 6.69. The number of hydrogen-bond acceptors (Lipinski definition) is 3. The summed E-state index contributed by atoms with van der Waals surface area (Å²) < 4.78 is 0. The molecule has 0 spiro atoms. The van der Waals surface area contributed by atoms with E-state index in [-0.39, 0.29) is 24.5 Å². The van der Waals surface area contributed by atoms with Crippen molar-refractivity contribution in [1.29, 1.82) is 0 Å². The van der Waals surface area contributed by atoms with Gasteiger partial charge in [0.05, 0.1) is 12.6 Å². The Labute approximate surface area is 117 Å². The second-order valence-electron chi connectivity index (χ2n) is 5.06. The van der Waals surface area contributed by atoms with E-state index in [0.29, 0.717) is 25.9 Å². The summed E-state index contributed by atoms with van der Waals surface area (Å²) >= 11 is 0. The van der Waals surface area contributed by atoms with Crippen molar-refractivity contribution in [1.82, 2.24) is 4.90 Å². The van der Waals surface area contributed by atoms with Gasteiger partial charge in [-0.2, -0.15) is 0 Å². The number of rotatable bonds is 6. The largest absolute Gasteiger partial charge is 0.394 e. The first-order chi connectivity index (χ1) is 9.74. The predicted octanol–water partition coefficient (Wildman–Crippen LogP) is 1.75. The molecule has 1 aromatic rings. The van der Waals surface area contributed by atoms with Crippen molar-refractivity contribution in [2.75, 3.05) is 19.7 Å². The fraction of sp³-hybridized carbons (Fsp3) is 0.500. The number of benzene rings is 1. The van der Waals surface area contributed by atoms with Crippen molar-refractivity contribution in [3.63, 3.8) is 0 Å². The van der Waals surface area contributed by atoms with Gasteiger partial charge in [-0.1, -0.05) is 35.4 Å². The maximum Gasteiger partial charge on any atom is 0.223 e. The van der Waals surface area contributed by atoms with Crippen LogP contribution in [0.2, 0.25) is 0 Å². The number of amides is 1. The molecule has 1 aromatic carbocycles. The Kier molecular flexibility index (Phi) is 4.98. The molecule has 1 amide bonds. The first-order valence-electron chi connectivity index (χ1n) is 6.69. The van der Waals surface area contributed by atoms with Crippen molar-refractivity contribution >= 4 is 5.91 Å². The van der Waals surface area contributed by atoms with E-state index >= 15 is 0 Å². The number of carbonyl (C=O) groups is 1. The highest BCUT2D eigenvalue weighted by molar-refractivity contribution is 5.79. The van der Waals surface area contributed by atoms with Crippen LogP contribution in [-0.2, 0) is 11.2 Å². The van der Waals surface area contributed by atoms with Gasteiger partial charge >= 0.3 is 0 Å². The van der Waals surface area contributed by atoms with Crippen LogP contribution in [0.3, 0.4) is 0 Å². The zero-order valence-electron chi connectivity index (χ0n) is 11.2. The Hall–Kier alpha value is -2.04. The second kappa shape index (κ2) is 6.93. The quantitative estimate of drug-likeness (QED) is 0.486. The van der Waals surface area contributed by atoms with Gasteiger partial charge in [0.2, 0.25) is 5.91 Å². The van der Waals surface area contributed by atoms with Crippen LogP contribution in [0.25, 0.3) is 10.4 Å². The molecule has 1 aliphatic heterocycles. The Bertz CT molecular complexity index is 499. The van der Waals surface area contributed by atoms with Crippen molar-refractivity contribution in [3.8, 4) is 0 Å². The topological polar surface area (TPSA) is 89.3 Å². The summed E-state index contributed by atoms with van der Waals surface area (Å²) in [4.78, 5) is 16.5. The van der Waals surface area contributed by atoms with E-state index in [1.54, 1.807) is 4.90 Å². The lowest BCUT2D eigenvalue weighted by Gasteiger charge is -2.26. The van der Waals surface area contributed by atoms with Crippen molar-refractivity contribution < 1.29 is 9.90 Å². The third kappa shape index (κ3) is 3.50. The highest BCUT2D eigenvalue weighted by Gasteiger charge is 2.33. The molecule has 106 valence electrons. The number of aliphatic hydroxyl groups excluding tert-OH is 1. The fourth-order valence-electron chi connectivity index (χ4n) is 2.60. The van der Waals surface area contributed by atoms with Crippen molar-refractivity contribution in [2.45, 2.75) is 18.9 Å². The van der Waals surface area contributed by atoms with Gasteiger partial charge in [0.1, 0.15) is 0 Å². The van der Waals surface area contributed by atoms with Gasteiger partial charge in [-0.3, -0.25) is 4.79 Å². The van der Waals surface area contributed by atoms with Crippen LogP contribution in [0.15, 0.2) is 35.4 Å². The summed E-state index contributed by atoms with van der Waals surface area (Å²) in [5.41, 5.74) is 9.42. The highest BCUT2D eigenvalue weighted by atomic mass is 16.3. The van der Waals surface area contributed by atoms with Crippen LogP contribution >= 0.6 is 0 Å². The molecule has 6 heteroatoms. The molecular formula is C14H18N4O2. The molecule has 20 heavy (non-hydrogen) atoms. The molecule has 1 fully saturated rings. The molecule has 6 nitrogen and oxygen atoms in total. The Morgan fingerprint density at radius 2 is 2.20 bits per heavy atom. The summed E-state index contributed by atoms with van der Waals surface area (Å²) in [7, 11) is 0. The van der Waals surface area contributed by atoms with E-state index in [0.717, 1.165) is 5.56 Å². The molecule has 1 saturated heterocycles. The maximum absolute atomic E-state index is 12.0. The van der Waals surface area contributed by atoms with Crippen LogP contribution in [0.5, 0.6) is 0 Å². The molecule has 1 aliphatic rings. The summed E-state index contributed by atoms with van der Waals surface area (Å²) in [5, 5.41) is 13.1. The van der Waals surface area contributed by atoms with Crippen molar-refractivity contribution in [2.24, 2.45) is 11.0 Å². The lowest BCUT2D eigenvalue weighted by atomic mass is 10.1. The van der Waals surface area contributed by atoms with Gasteiger partial charge in [-0.25, -0.2) is 0 Å². The number of carbonyl (C=O) groups excluding carboxylic acids is 1. The minimum absolute atomic E-state index is 0.0260. The number of aliphatic hydroxyl groups is 1. The molecule has 1 heterocycles. The second-order valence-corrected chi connectivity index (χ2v) is 5.06. The van der Waals surface area contributed by atoms with E-state index in [2.05, 4.69) is 10.0 Å². The van der Waals surface area contributed by atoms with Gasteiger partial charge in [0.15, 0.2) is 0 Å². The van der Waals surface area contributed by atoms with E-state index < -0.39 is 0 Å². The van der Waals surface area contributed by atoms with E-state index in [1.807, 2.05) is 30.3 Å². The van der Waals surface area contributed by atoms with Crippen LogP contribution in [0.1, 0.15) is 12.0 Å². The summed E-state index contributed by atoms with van der Waals surface area (Å²) in [6, 6.07) is 9.59. The van der Waals surface area contributed by atoms with E-state index in [9.17, 15) is 9.90 Å². The summed E-state index contributed by atoms with van der Waals surface area (Å²) in [6.45, 7) is 0.826. The molecule has 2 unspecified atom stereocenters. The predicted molar refractivity (Wildman–Crippen MR) is 74.9 cm³/mol. The standard InChI is InChI=1S/C14H18N4O2/c15-17-16-8-12-7-14(20)18(9-12)13(10-19)6-11-4-2-1-3-5-11/h1-5,12-13,19H,6-10H2. The maximum atomic E-state index is 12.0. The van der Waals surface area contributed by atoms with Crippen molar-refractivity contribution in [3.05, 3.63) is 46.3 Å². The molecule has 2 atom stereocenters. The smallest absolute Gasteiger partial charge is 0.223 e.